The fourth-order valence-corrected chi connectivity index (χ4v) is 2.67. The summed E-state index contributed by atoms with van der Waals surface area (Å²) in [6.07, 6.45) is 4.49. The number of aryl methyl sites for hydroxylation is 1. The maximum Gasteiger partial charge on any atom is 0.262 e. The number of ether oxygens (including phenoxy) is 2. The van der Waals surface area contributed by atoms with E-state index >= 15 is 0 Å². The summed E-state index contributed by atoms with van der Waals surface area (Å²) < 4.78 is 10.6. The number of carbonyl (C=O) groups is 1. The van der Waals surface area contributed by atoms with Gasteiger partial charge >= 0.3 is 0 Å². The number of hydrogen-bond donors (Lipinski definition) is 3. The van der Waals surface area contributed by atoms with Crippen LogP contribution in [0.4, 0.5) is 0 Å². The van der Waals surface area contributed by atoms with Crippen molar-refractivity contribution in [3.05, 3.63) is 64.7 Å². The van der Waals surface area contributed by atoms with Crippen LogP contribution in [0.1, 0.15) is 16.7 Å². The van der Waals surface area contributed by atoms with Gasteiger partial charge in [0.15, 0.2) is 23.0 Å². The molecular weight excluding hydrogens is 372 g/mol. The van der Waals surface area contributed by atoms with Gasteiger partial charge in [-0.1, -0.05) is 24.3 Å². The zero-order chi connectivity index (χ0) is 21.4. The van der Waals surface area contributed by atoms with Crippen molar-refractivity contribution >= 4 is 12.0 Å². The number of carbonyl (C=O) groups excluding carboxylic acids is 1. The Morgan fingerprint density at radius 2 is 1.93 bits per heavy atom. The number of rotatable bonds is 7. The summed E-state index contributed by atoms with van der Waals surface area (Å²) >= 11 is 0. The summed E-state index contributed by atoms with van der Waals surface area (Å²) in [7, 11) is 3.10. The monoisotopic (exact) mass is 394 g/mol. The number of aromatic hydroxyl groups is 2. The molecule has 1 amide bonds. The lowest BCUT2D eigenvalue weighted by molar-refractivity contribution is -0.117. The van der Waals surface area contributed by atoms with Crippen molar-refractivity contribution in [3.63, 3.8) is 0 Å². The SMILES string of the molecule is COc1cc(CNC(=O)/C(C#N)=C/C=C/c2ccc(O)c(O)c2)cc(C)c1OC. The molecule has 150 valence electrons. The molecule has 0 aromatic heterocycles. The molecule has 0 saturated heterocycles. The van der Waals surface area contributed by atoms with Crippen LogP contribution in [0, 0.1) is 18.3 Å². The van der Waals surface area contributed by atoms with E-state index in [2.05, 4.69) is 5.32 Å². The zero-order valence-corrected chi connectivity index (χ0v) is 16.4. The van der Waals surface area contributed by atoms with Crippen molar-refractivity contribution in [2.24, 2.45) is 0 Å². The summed E-state index contributed by atoms with van der Waals surface area (Å²) in [5.41, 5.74) is 2.21. The molecule has 0 heterocycles. The second-order valence-corrected chi connectivity index (χ2v) is 6.13. The van der Waals surface area contributed by atoms with Crippen molar-refractivity contribution in [2.75, 3.05) is 14.2 Å². The number of methoxy groups -OCH3 is 2. The molecule has 0 bridgehead atoms. The predicted octanol–water partition coefficient (Wildman–Crippen LogP) is 3.20. The predicted molar refractivity (Wildman–Crippen MR) is 109 cm³/mol. The summed E-state index contributed by atoms with van der Waals surface area (Å²) in [5, 5.41) is 30.7. The lowest BCUT2D eigenvalue weighted by atomic mass is 10.1. The van der Waals surface area contributed by atoms with Crippen molar-refractivity contribution in [1.29, 1.82) is 5.26 Å². The van der Waals surface area contributed by atoms with Gasteiger partial charge in [-0.05, 0) is 47.9 Å². The Morgan fingerprint density at radius 1 is 1.17 bits per heavy atom. The van der Waals surface area contributed by atoms with Gasteiger partial charge < -0.3 is 25.0 Å². The molecule has 0 saturated carbocycles. The quantitative estimate of drug-likeness (QED) is 0.288. The normalized spacial score (nSPS) is 11.2. The molecule has 29 heavy (non-hydrogen) atoms. The molecule has 3 N–H and O–H groups in total. The van der Waals surface area contributed by atoms with E-state index in [4.69, 9.17) is 9.47 Å². The second kappa shape index (κ2) is 9.85. The number of phenolic OH excluding ortho intramolecular Hbond substituents is 2. The first-order valence-corrected chi connectivity index (χ1v) is 8.69. The van der Waals surface area contributed by atoms with E-state index < -0.39 is 5.91 Å². The van der Waals surface area contributed by atoms with Crippen LogP contribution < -0.4 is 14.8 Å². The van der Waals surface area contributed by atoms with Crippen LogP contribution in [0.25, 0.3) is 6.08 Å². The molecule has 0 spiro atoms. The number of allylic oxidation sites excluding steroid dienone is 2. The van der Waals surface area contributed by atoms with Gasteiger partial charge in [0.25, 0.3) is 5.91 Å². The molecule has 7 nitrogen and oxygen atoms in total. The van der Waals surface area contributed by atoms with Crippen molar-refractivity contribution in [1.82, 2.24) is 5.32 Å². The van der Waals surface area contributed by atoms with Crippen LogP contribution in [-0.4, -0.2) is 30.3 Å². The van der Waals surface area contributed by atoms with E-state index in [1.54, 1.807) is 25.3 Å². The molecule has 0 radical (unpaired) electrons. The number of nitrogens with zero attached hydrogens (tertiary/aromatic N) is 1. The number of nitrogens with one attached hydrogen (secondary N) is 1. The average molecular weight is 394 g/mol. The Bertz CT molecular complexity index is 1000. The molecular formula is C22H22N2O5. The first-order valence-electron chi connectivity index (χ1n) is 8.69. The summed E-state index contributed by atoms with van der Waals surface area (Å²) in [5.74, 6) is 0.205. The minimum Gasteiger partial charge on any atom is -0.504 e. The highest BCUT2D eigenvalue weighted by molar-refractivity contribution is 5.97. The van der Waals surface area contributed by atoms with E-state index in [0.29, 0.717) is 17.1 Å². The highest BCUT2D eigenvalue weighted by atomic mass is 16.5. The van der Waals surface area contributed by atoms with Gasteiger partial charge in [0.05, 0.1) is 14.2 Å². The van der Waals surface area contributed by atoms with Crippen molar-refractivity contribution in [3.8, 4) is 29.1 Å². The maximum absolute atomic E-state index is 12.3. The fourth-order valence-electron chi connectivity index (χ4n) is 2.67. The van der Waals surface area contributed by atoms with E-state index in [9.17, 15) is 20.3 Å². The van der Waals surface area contributed by atoms with Gasteiger partial charge in [-0.25, -0.2) is 0 Å². The van der Waals surface area contributed by atoms with E-state index in [0.717, 1.165) is 11.1 Å². The largest absolute Gasteiger partial charge is 0.504 e. The summed E-state index contributed by atoms with van der Waals surface area (Å²) in [6, 6.07) is 9.80. The van der Waals surface area contributed by atoms with Crippen LogP contribution >= 0.6 is 0 Å². The molecule has 0 atom stereocenters. The van der Waals surface area contributed by atoms with Gasteiger partial charge in [-0.15, -0.1) is 0 Å². The smallest absolute Gasteiger partial charge is 0.262 e. The Hall–Kier alpha value is -3.92. The number of hydrogen-bond acceptors (Lipinski definition) is 6. The third kappa shape index (κ3) is 5.53. The summed E-state index contributed by atoms with van der Waals surface area (Å²) in [4.78, 5) is 12.3. The van der Waals surface area contributed by atoms with Crippen LogP contribution in [0.5, 0.6) is 23.0 Å². The van der Waals surface area contributed by atoms with Gasteiger partial charge in [0.1, 0.15) is 11.6 Å². The van der Waals surface area contributed by atoms with Crippen LogP contribution in [0.15, 0.2) is 48.1 Å². The molecule has 2 aromatic rings. The first-order chi connectivity index (χ1) is 13.9. The number of nitriles is 1. The highest BCUT2D eigenvalue weighted by Crippen LogP contribution is 2.32. The lowest BCUT2D eigenvalue weighted by Gasteiger charge is -2.13. The Balaban J connectivity index is 2.07. The standard InChI is InChI=1S/C22H22N2O5/c1-14-9-16(11-20(28-2)21(14)29-3)13-24-22(27)17(12-23)6-4-5-15-7-8-18(25)19(26)10-15/h4-11,25-26H,13H2,1-3H3,(H,24,27)/b5-4+,17-6+. The van der Waals surface area contributed by atoms with Crippen molar-refractivity contribution < 1.29 is 24.5 Å². The van der Waals surface area contributed by atoms with E-state index in [1.807, 2.05) is 19.1 Å². The topological polar surface area (TPSA) is 112 Å². The van der Waals surface area contributed by atoms with Gasteiger partial charge in [-0.2, -0.15) is 5.26 Å². The molecule has 0 aliphatic rings. The molecule has 2 aromatic carbocycles. The van der Waals surface area contributed by atoms with E-state index in [-0.39, 0.29) is 23.6 Å². The van der Waals surface area contributed by atoms with Crippen LogP contribution in [-0.2, 0) is 11.3 Å². The highest BCUT2D eigenvalue weighted by Gasteiger charge is 2.11. The Morgan fingerprint density at radius 3 is 2.55 bits per heavy atom. The Labute approximate surface area is 169 Å². The molecule has 7 heteroatoms. The maximum atomic E-state index is 12.3. The van der Waals surface area contributed by atoms with Gasteiger partial charge in [0, 0.05) is 6.54 Å². The minimum atomic E-state index is -0.516. The lowest BCUT2D eigenvalue weighted by Crippen LogP contribution is -2.24. The third-order valence-corrected chi connectivity index (χ3v) is 4.09. The number of benzene rings is 2. The Kier molecular flexibility index (Phi) is 7.26. The van der Waals surface area contributed by atoms with Crippen LogP contribution in [0.3, 0.4) is 0 Å². The fraction of sp³-hybridized carbons (Fsp3) is 0.182. The number of phenols is 2. The molecule has 0 unspecified atom stereocenters. The van der Waals surface area contributed by atoms with Crippen molar-refractivity contribution in [2.45, 2.75) is 13.5 Å². The summed E-state index contributed by atoms with van der Waals surface area (Å²) in [6.45, 7) is 2.09. The van der Waals surface area contributed by atoms with Crippen LogP contribution in [0.2, 0.25) is 0 Å². The molecule has 0 aliphatic carbocycles. The molecule has 2 rings (SSSR count). The van der Waals surface area contributed by atoms with Gasteiger partial charge in [0.2, 0.25) is 0 Å². The van der Waals surface area contributed by atoms with E-state index in [1.165, 1.54) is 31.4 Å². The minimum absolute atomic E-state index is 0.0681. The molecule has 0 aliphatic heterocycles. The first kappa shape index (κ1) is 21.4. The third-order valence-electron chi connectivity index (χ3n) is 4.09. The second-order valence-electron chi connectivity index (χ2n) is 6.13. The van der Waals surface area contributed by atoms with Gasteiger partial charge in [-0.3, -0.25) is 4.79 Å². The number of amides is 1. The zero-order valence-electron chi connectivity index (χ0n) is 16.4. The molecule has 0 fully saturated rings. The average Bonchev–Trinajstić information content (AvgIpc) is 2.71.